The average molecular weight is 276 g/mol. The molecule has 0 fully saturated rings. The first-order valence-electron chi connectivity index (χ1n) is 7.04. The van der Waals surface area contributed by atoms with E-state index in [1.54, 1.807) is 6.26 Å². The van der Waals surface area contributed by atoms with Gasteiger partial charge in [-0.15, -0.1) is 0 Å². The van der Waals surface area contributed by atoms with Gasteiger partial charge in [0, 0.05) is 25.7 Å². The Morgan fingerprint density at radius 3 is 2.85 bits per heavy atom. The van der Waals surface area contributed by atoms with Crippen molar-refractivity contribution >= 4 is 5.82 Å². The third-order valence-corrected chi connectivity index (χ3v) is 3.64. The summed E-state index contributed by atoms with van der Waals surface area (Å²) in [6, 6.07) is 4.07. The van der Waals surface area contributed by atoms with E-state index in [-0.39, 0.29) is 6.04 Å². The van der Waals surface area contributed by atoms with Crippen molar-refractivity contribution in [2.45, 2.75) is 39.3 Å². The predicted molar refractivity (Wildman–Crippen MR) is 80.7 cm³/mol. The first kappa shape index (κ1) is 14.7. The van der Waals surface area contributed by atoms with Crippen LogP contribution in [0.3, 0.4) is 0 Å². The fourth-order valence-corrected chi connectivity index (χ4v) is 2.52. The van der Waals surface area contributed by atoms with E-state index in [2.05, 4.69) is 24.0 Å². The molecule has 0 aromatic carbocycles. The number of furan rings is 1. The maximum absolute atomic E-state index is 6.11. The fourth-order valence-electron chi connectivity index (χ4n) is 2.52. The van der Waals surface area contributed by atoms with Crippen LogP contribution in [0.1, 0.15) is 30.4 Å². The summed E-state index contributed by atoms with van der Waals surface area (Å²) in [7, 11) is 4.03. The second-order valence-electron chi connectivity index (χ2n) is 5.32. The van der Waals surface area contributed by atoms with Crippen molar-refractivity contribution in [3.63, 3.8) is 0 Å². The molecule has 0 aliphatic heterocycles. The highest BCUT2D eigenvalue weighted by Crippen LogP contribution is 2.25. The second kappa shape index (κ2) is 6.13. The smallest absolute Gasteiger partial charge is 0.130 e. The van der Waals surface area contributed by atoms with Crippen LogP contribution in [-0.4, -0.2) is 22.9 Å². The van der Waals surface area contributed by atoms with Crippen LogP contribution in [0.4, 0.5) is 5.82 Å². The standard InChI is InChI=1S/C15H24N4O/c1-5-12(16)9-14-11(2)17-19(4)15(14)18(3)10-13-7-6-8-20-13/h6-8,12H,5,9-10,16H2,1-4H3. The number of hydrogen-bond donors (Lipinski definition) is 1. The second-order valence-corrected chi connectivity index (χ2v) is 5.32. The Morgan fingerprint density at radius 2 is 2.25 bits per heavy atom. The summed E-state index contributed by atoms with van der Waals surface area (Å²) < 4.78 is 7.34. The molecule has 5 heteroatoms. The normalized spacial score (nSPS) is 12.7. The lowest BCUT2D eigenvalue weighted by atomic mass is 10.0. The van der Waals surface area contributed by atoms with E-state index in [0.717, 1.165) is 36.7 Å². The number of aromatic nitrogens is 2. The van der Waals surface area contributed by atoms with Gasteiger partial charge in [0.15, 0.2) is 0 Å². The average Bonchev–Trinajstić information content (AvgIpc) is 2.98. The van der Waals surface area contributed by atoms with Gasteiger partial charge in [-0.25, -0.2) is 0 Å². The molecular formula is C15H24N4O. The Hall–Kier alpha value is -1.75. The maximum Gasteiger partial charge on any atom is 0.130 e. The molecule has 2 heterocycles. The first-order chi connectivity index (χ1) is 9.52. The number of anilines is 1. The van der Waals surface area contributed by atoms with Gasteiger partial charge in [0.2, 0.25) is 0 Å². The van der Waals surface area contributed by atoms with Crippen LogP contribution in [0.25, 0.3) is 0 Å². The zero-order valence-corrected chi connectivity index (χ0v) is 12.8. The highest BCUT2D eigenvalue weighted by molar-refractivity contribution is 5.50. The molecular weight excluding hydrogens is 252 g/mol. The molecule has 0 radical (unpaired) electrons. The molecule has 2 rings (SSSR count). The SMILES string of the molecule is CCC(N)Cc1c(C)nn(C)c1N(C)Cc1ccco1. The van der Waals surface area contributed by atoms with Crippen molar-refractivity contribution in [1.82, 2.24) is 9.78 Å². The molecule has 2 N–H and O–H groups in total. The molecule has 0 aliphatic carbocycles. The van der Waals surface area contributed by atoms with E-state index in [1.165, 1.54) is 5.56 Å². The van der Waals surface area contributed by atoms with Crippen LogP contribution in [-0.2, 0) is 20.0 Å². The molecule has 1 unspecified atom stereocenters. The van der Waals surface area contributed by atoms with Crippen molar-refractivity contribution in [3.8, 4) is 0 Å². The lowest BCUT2D eigenvalue weighted by molar-refractivity contribution is 0.505. The van der Waals surface area contributed by atoms with Gasteiger partial charge in [0.25, 0.3) is 0 Å². The molecule has 0 saturated heterocycles. The minimum atomic E-state index is 0.175. The quantitative estimate of drug-likeness (QED) is 0.879. The number of nitrogens with zero attached hydrogens (tertiary/aromatic N) is 3. The van der Waals surface area contributed by atoms with Crippen LogP contribution in [0.15, 0.2) is 22.8 Å². The molecule has 2 aromatic rings. The van der Waals surface area contributed by atoms with Crippen LogP contribution >= 0.6 is 0 Å². The molecule has 1 atom stereocenters. The minimum Gasteiger partial charge on any atom is -0.467 e. The fraction of sp³-hybridized carbons (Fsp3) is 0.533. The van der Waals surface area contributed by atoms with E-state index in [1.807, 2.05) is 30.8 Å². The van der Waals surface area contributed by atoms with E-state index in [4.69, 9.17) is 10.2 Å². The zero-order valence-electron chi connectivity index (χ0n) is 12.8. The molecule has 20 heavy (non-hydrogen) atoms. The van der Waals surface area contributed by atoms with Crippen LogP contribution in [0.5, 0.6) is 0 Å². The van der Waals surface area contributed by atoms with Crippen molar-refractivity contribution in [1.29, 1.82) is 0 Å². The van der Waals surface area contributed by atoms with Gasteiger partial charge >= 0.3 is 0 Å². The van der Waals surface area contributed by atoms with Crippen molar-refractivity contribution in [2.24, 2.45) is 12.8 Å². The summed E-state index contributed by atoms with van der Waals surface area (Å²) in [6.07, 6.45) is 3.52. The van der Waals surface area contributed by atoms with Gasteiger partial charge in [0.1, 0.15) is 11.6 Å². The Morgan fingerprint density at radius 1 is 1.50 bits per heavy atom. The van der Waals surface area contributed by atoms with Gasteiger partial charge in [-0.2, -0.15) is 5.10 Å². The van der Waals surface area contributed by atoms with E-state index in [0.29, 0.717) is 0 Å². The van der Waals surface area contributed by atoms with Crippen molar-refractivity contribution in [3.05, 3.63) is 35.4 Å². The Balaban J connectivity index is 2.25. The highest BCUT2D eigenvalue weighted by atomic mass is 16.3. The number of hydrogen-bond acceptors (Lipinski definition) is 4. The molecule has 5 nitrogen and oxygen atoms in total. The molecule has 0 bridgehead atoms. The van der Waals surface area contributed by atoms with Crippen LogP contribution in [0.2, 0.25) is 0 Å². The largest absolute Gasteiger partial charge is 0.467 e. The molecule has 110 valence electrons. The zero-order chi connectivity index (χ0) is 14.7. The topological polar surface area (TPSA) is 60.2 Å². The molecule has 0 saturated carbocycles. The van der Waals surface area contributed by atoms with Gasteiger partial charge in [0.05, 0.1) is 18.5 Å². The molecule has 0 spiro atoms. The molecule has 0 amide bonds. The summed E-state index contributed by atoms with van der Waals surface area (Å²) in [5.41, 5.74) is 8.40. The van der Waals surface area contributed by atoms with Gasteiger partial charge in [-0.1, -0.05) is 6.92 Å². The summed E-state index contributed by atoms with van der Waals surface area (Å²) in [4.78, 5) is 2.16. The summed E-state index contributed by atoms with van der Waals surface area (Å²) in [5.74, 6) is 2.06. The summed E-state index contributed by atoms with van der Waals surface area (Å²) in [5, 5.41) is 4.54. The molecule has 0 aliphatic rings. The van der Waals surface area contributed by atoms with Gasteiger partial charge in [-0.05, 0) is 31.9 Å². The Kier molecular flexibility index (Phi) is 4.49. The van der Waals surface area contributed by atoms with Gasteiger partial charge in [-0.3, -0.25) is 4.68 Å². The van der Waals surface area contributed by atoms with E-state index >= 15 is 0 Å². The molecule has 2 aromatic heterocycles. The Bertz CT molecular complexity index is 544. The van der Waals surface area contributed by atoms with E-state index < -0.39 is 0 Å². The predicted octanol–water partition coefficient (Wildman–Crippen LogP) is 2.24. The monoisotopic (exact) mass is 276 g/mol. The number of nitrogens with two attached hydrogens (primary N) is 1. The minimum absolute atomic E-state index is 0.175. The van der Waals surface area contributed by atoms with Gasteiger partial charge < -0.3 is 15.1 Å². The maximum atomic E-state index is 6.11. The third kappa shape index (κ3) is 3.04. The summed E-state index contributed by atoms with van der Waals surface area (Å²) in [6.45, 7) is 4.88. The number of rotatable bonds is 6. The lowest BCUT2D eigenvalue weighted by Gasteiger charge is -2.21. The summed E-state index contributed by atoms with van der Waals surface area (Å²) >= 11 is 0. The van der Waals surface area contributed by atoms with Crippen LogP contribution < -0.4 is 10.6 Å². The van der Waals surface area contributed by atoms with Crippen molar-refractivity contribution < 1.29 is 4.42 Å². The van der Waals surface area contributed by atoms with Crippen LogP contribution in [0, 0.1) is 6.92 Å². The Labute approximate surface area is 120 Å². The van der Waals surface area contributed by atoms with E-state index in [9.17, 15) is 0 Å². The number of aryl methyl sites for hydroxylation is 2. The van der Waals surface area contributed by atoms with Crippen molar-refractivity contribution in [2.75, 3.05) is 11.9 Å². The third-order valence-electron chi connectivity index (χ3n) is 3.64. The lowest BCUT2D eigenvalue weighted by Crippen LogP contribution is -2.25. The highest BCUT2D eigenvalue weighted by Gasteiger charge is 2.19. The first-order valence-corrected chi connectivity index (χ1v) is 7.04.